The lowest BCUT2D eigenvalue weighted by Crippen LogP contribution is -2.46. The number of aryl methyl sites for hydroxylation is 1. The Kier molecular flexibility index (Phi) is 4.62. The molecule has 1 fully saturated rings. The lowest BCUT2D eigenvalue weighted by molar-refractivity contribution is -0.171. The van der Waals surface area contributed by atoms with Gasteiger partial charge in [-0.15, -0.1) is 0 Å². The van der Waals surface area contributed by atoms with Crippen molar-refractivity contribution < 1.29 is 14.3 Å². The molecule has 2 atom stereocenters. The molecule has 2 unspecified atom stereocenters. The van der Waals surface area contributed by atoms with Gasteiger partial charge in [0, 0.05) is 0 Å². The van der Waals surface area contributed by atoms with Crippen molar-refractivity contribution in [2.24, 2.45) is 0 Å². The van der Waals surface area contributed by atoms with Gasteiger partial charge in [-0.05, 0) is 24.0 Å². The van der Waals surface area contributed by atoms with E-state index in [0.717, 1.165) is 17.5 Å². The first kappa shape index (κ1) is 15.9. The zero-order valence-electron chi connectivity index (χ0n) is 12.6. The molecular formula is C19H17BrO3. The number of benzene rings is 2. The number of esters is 1. The second-order valence-electron chi connectivity index (χ2n) is 5.77. The second-order valence-corrected chi connectivity index (χ2v) is 6.69. The van der Waals surface area contributed by atoms with Crippen LogP contribution in [0.4, 0.5) is 0 Å². The van der Waals surface area contributed by atoms with E-state index in [1.165, 1.54) is 0 Å². The van der Waals surface area contributed by atoms with Gasteiger partial charge in [-0.3, -0.25) is 9.59 Å². The fourth-order valence-corrected chi connectivity index (χ4v) is 3.22. The maximum Gasteiger partial charge on any atom is 0.328 e. The van der Waals surface area contributed by atoms with Crippen molar-refractivity contribution in [3.63, 3.8) is 0 Å². The second kappa shape index (κ2) is 6.67. The molecule has 3 nitrogen and oxygen atoms in total. The average molecular weight is 373 g/mol. The zero-order chi connectivity index (χ0) is 16.3. The Balaban J connectivity index is 1.91. The van der Waals surface area contributed by atoms with E-state index in [2.05, 4.69) is 15.9 Å². The fraction of sp³-hybridized carbons (Fsp3) is 0.263. The average Bonchev–Trinajstić information content (AvgIpc) is 2.59. The van der Waals surface area contributed by atoms with Crippen molar-refractivity contribution in [1.29, 1.82) is 0 Å². The third-order valence-corrected chi connectivity index (χ3v) is 5.09. The molecule has 0 spiro atoms. The number of alkyl halides is 1. The van der Waals surface area contributed by atoms with E-state index in [1.807, 2.05) is 60.7 Å². The summed E-state index contributed by atoms with van der Waals surface area (Å²) >= 11 is 3.12. The third kappa shape index (κ3) is 3.37. The number of ketones is 1. The van der Waals surface area contributed by atoms with Gasteiger partial charge in [0.25, 0.3) is 0 Å². The summed E-state index contributed by atoms with van der Waals surface area (Å²) in [6, 6.07) is 19.6. The third-order valence-electron chi connectivity index (χ3n) is 4.21. The van der Waals surface area contributed by atoms with Crippen LogP contribution in [-0.4, -0.2) is 16.6 Å². The van der Waals surface area contributed by atoms with E-state index < -0.39 is 16.4 Å². The number of hydrogen-bond acceptors (Lipinski definition) is 3. The minimum atomic E-state index is -0.879. The summed E-state index contributed by atoms with van der Waals surface area (Å²) in [6.45, 7) is 0. The molecule has 0 amide bonds. The Labute approximate surface area is 143 Å². The number of carbonyl (C=O) groups is 2. The first-order valence-electron chi connectivity index (χ1n) is 7.60. The molecule has 0 radical (unpaired) electrons. The van der Waals surface area contributed by atoms with Crippen LogP contribution in [0.25, 0.3) is 0 Å². The molecule has 118 valence electrons. The summed E-state index contributed by atoms with van der Waals surface area (Å²) < 4.78 is 5.76. The maximum atomic E-state index is 12.3. The van der Waals surface area contributed by atoms with Gasteiger partial charge in [0.1, 0.15) is 5.60 Å². The summed E-state index contributed by atoms with van der Waals surface area (Å²) in [6.07, 6.45) is 1.52. The van der Waals surface area contributed by atoms with Crippen molar-refractivity contribution in [2.45, 2.75) is 29.7 Å². The number of Topliss-reactive ketones (excluding diaryl/α,β-unsaturated/α-hetero) is 1. The van der Waals surface area contributed by atoms with Gasteiger partial charge in [-0.25, -0.2) is 0 Å². The van der Waals surface area contributed by atoms with E-state index in [4.69, 9.17) is 4.74 Å². The summed E-state index contributed by atoms with van der Waals surface area (Å²) in [5.74, 6) is -0.628. The minimum Gasteiger partial charge on any atom is -0.453 e. The lowest BCUT2D eigenvalue weighted by Gasteiger charge is -2.38. The molecule has 4 heteroatoms. The van der Waals surface area contributed by atoms with Crippen LogP contribution in [0.3, 0.4) is 0 Å². The molecule has 2 aromatic carbocycles. The standard InChI is InChI=1S/C19H17BrO3/c20-17-16(21)13-19(23-18(17)22,15-9-5-2-6-10-15)12-11-14-7-3-1-4-8-14/h1-10,17H,11-13H2. The van der Waals surface area contributed by atoms with E-state index in [1.54, 1.807) is 0 Å². The SMILES string of the molecule is O=C1CC(CCc2ccccc2)(c2ccccc2)OC(=O)C1Br. The van der Waals surface area contributed by atoms with Gasteiger partial charge in [-0.2, -0.15) is 0 Å². The smallest absolute Gasteiger partial charge is 0.328 e. The van der Waals surface area contributed by atoms with Crippen LogP contribution in [0, 0.1) is 0 Å². The lowest BCUT2D eigenvalue weighted by atomic mass is 9.81. The Morgan fingerprint density at radius 2 is 1.61 bits per heavy atom. The Bertz CT molecular complexity index is 679. The molecule has 1 saturated heterocycles. The fourth-order valence-electron chi connectivity index (χ4n) is 2.96. The highest BCUT2D eigenvalue weighted by Crippen LogP contribution is 2.39. The molecule has 1 aliphatic heterocycles. The van der Waals surface area contributed by atoms with Gasteiger partial charge in [-0.1, -0.05) is 76.6 Å². The molecule has 3 rings (SSSR count). The molecule has 23 heavy (non-hydrogen) atoms. The number of carbonyl (C=O) groups excluding carboxylic acids is 2. The zero-order valence-corrected chi connectivity index (χ0v) is 14.2. The molecule has 0 aromatic heterocycles. The van der Waals surface area contributed by atoms with E-state index in [0.29, 0.717) is 6.42 Å². The quantitative estimate of drug-likeness (QED) is 0.465. The number of hydrogen-bond donors (Lipinski definition) is 0. The number of cyclic esters (lactones) is 1. The summed E-state index contributed by atoms with van der Waals surface area (Å²) in [5, 5.41) is 0. The van der Waals surface area contributed by atoms with Gasteiger partial charge >= 0.3 is 5.97 Å². The maximum absolute atomic E-state index is 12.3. The van der Waals surface area contributed by atoms with Crippen molar-refractivity contribution >= 4 is 27.7 Å². The van der Waals surface area contributed by atoms with Gasteiger partial charge in [0.15, 0.2) is 10.6 Å². The van der Waals surface area contributed by atoms with Gasteiger partial charge < -0.3 is 4.74 Å². The van der Waals surface area contributed by atoms with Crippen LogP contribution in [-0.2, 0) is 26.3 Å². The molecule has 2 aromatic rings. The monoisotopic (exact) mass is 372 g/mol. The normalized spacial score (nSPS) is 24.3. The highest BCUT2D eigenvalue weighted by molar-refractivity contribution is 9.10. The van der Waals surface area contributed by atoms with Gasteiger partial charge in [0.2, 0.25) is 0 Å². The predicted octanol–water partition coefficient (Wildman–Crippen LogP) is 3.79. The first-order valence-corrected chi connectivity index (χ1v) is 8.51. The van der Waals surface area contributed by atoms with Gasteiger partial charge in [0.05, 0.1) is 6.42 Å². The van der Waals surface area contributed by atoms with Crippen LogP contribution in [0.15, 0.2) is 60.7 Å². The first-order chi connectivity index (χ1) is 11.1. The van der Waals surface area contributed by atoms with Crippen molar-refractivity contribution in [3.8, 4) is 0 Å². The summed E-state index contributed by atoms with van der Waals surface area (Å²) in [7, 11) is 0. The van der Waals surface area contributed by atoms with Crippen LogP contribution >= 0.6 is 15.9 Å². The number of halogens is 1. The van der Waals surface area contributed by atoms with E-state index >= 15 is 0 Å². The molecule has 0 bridgehead atoms. The molecule has 1 aliphatic rings. The Hall–Kier alpha value is -1.94. The highest BCUT2D eigenvalue weighted by Gasteiger charge is 2.46. The van der Waals surface area contributed by atoms with E-state index in [9.17, 15) is 9.59 Å². The van der Waals surface area contributed by atoms with Crippen LogP contribution in [0.2, 0.25) is 0 Å². The predicted molar refractivity (Wildman–Crippen MR) is 91.3 cm³/mol. The molecule has 0 N–H and O–H groups in total. The Morgan fingerprint density at radius 1 is 1.00 bits per heavy atom. The Morgan fingerprint density at radius 3 is 2.22 bits per heavy atom. The minimum absolute atomic E-state index is 0.127. The van der Waals surface area contributed by atoms with Crippen molar-refractivity contribution in [2.75, 3.05) is 0 Å². The molecule has 0 aliphatic carbocycles. The number of rotatable bonds is 4. The van der Waals surface area contributed by atoms with Crippen LogP contribution in [0.5, 0.6) is 0 Å². The highest BCUT2D eigenvalue weighted by atomic mass is 79.9. The number of ether oxygens (including phenoxy) is 1. The molecular weight excluding hydrogens is 356 g/mol. The molecule has 1 heterocycles. The topological polar surface area (TPSA) is 43.4 Å². The van der Waals surface area contributed by atoms with Crippen molar-refractivity contribution in [1.82, 2.24) is 0 Å². The van der Waals surface area contributed by atoms with Crippen LogP contribution < -0.4 is 0 Å². The molecule has 0 saturated carbocycles. The van der Waals surface area contributed by atoms with Crippen LogP contribution in [0.1, 0.15) is 24.0 Å². The summed E-state index contributed by atoms with van der Waals surface area (Å²) in [4.78, 5) is 23.5. The summed E-state index contributed by atoms with van der Waals surface area (Å²) in [5.41, 5.74) is 1.15. The van der Waals surface area contributed by atoms with Crippen molar-refractivity contribution in [3.05, 3.63) is 71.8 Å². The largest absolute Gasteiger partial charge is 0.453 e. The van der Waals surface area contributed by atoms with E-state index in [-0.39, 0.29) is 12.2 Å².